The predicted molar refractivity (Wildman–Crippen MR) is 83.0 cm³/mol. The Balaban J connectivity index is 3.06. The molecule has 0 aliphatic carbocycles. The van der Waals surface area contributed by atoms with Gasteiger partial charge in [0, 0.05) is 19.8 Å². The Hall–Kier alpha value is -1.55. The lowest BCUT2D eigenvalue weighted by atomic mass is 9.91. The molecule has 0 aromatic heterocycles. The van der Waals surface area contributed by atoms with Crippen LogP contribution in [0.3, 0.4) is 0 Å². The number of benzene rings is 1. The molecule has 4 heteroatoms. The highest BCUT2D eigenvalue weighted by molar-refractivity contribution is 5.82. The number of hydrogen-bond donors (Lipinski definition) is 1. The average molecular weight is 278 g/mol. The third kappa shape index (κ3) is 3.73. The minimum absolute atomic E-state index is 0.268. The lowest BCUT2D eigenvalue weighted by Gasteiger charge is -2.30. The molecule has 0 amide bonds. The number of ether oxygens (including phenoxy) is 1. The maximum Gasteiger partial charge on any atom is 0.330 e. The number of carbonyl (C=O) groups is 1. The topological polar surface area (TPSA) is 41.6 Å². The second-order valence-corrected chi connectivity index (χ2v) is 5.83. The van der Waals surface area contributed by atoms with Crippen LogP contribution < -0.4 is 10.2 Å². The number of methoxy groups -OCH3 is 1. The molecule has 1 aromatic carbocycles. The molecule has 1 atom stereocenters. The Morgan fingerprint density at radius 3 is 2.25 bits per heavy atom. The van der Waals surface area contributed by atoms with Crippen LogP contribution in [0.5, 0.6) is 0 Å². The van der Waals surface area contributed by atoms with Crippen LogP contribution in [0.25, 0.3) is 0 Å². The highest BCUT2D eigenvalue weighted by Gasteiger charge is 2.36. The summed E-state index contributed by atoms with van der Waals surface area (Å²) in [4.78, 5) is 14.2. The van der Waals surface area contributed by atoms with Crippen LogP contribution in [-0.2, 0) is 15.1 Å². The molecule has 0 heterocycles. The number of esters is 1. The smallest absolute Gasteiger partial charge is 0.330 e. The van der Waals surface area contributed by atoms with E-state index >= 15 is 0 Å². The summed E-state index contributed by atoms with van der Waals surface area (Å²) in [5.74, 6) is 0.191. The van der Waals surface area contributed by atoms with Crippen molar-refractivity contribution in [3.8, 4) is 0 Å². The average Bonchev–Trinajstić information content (AvgIpc) is 2.43. The van der Waals surface area contributed by atoms with E-state index in [9.17, 15) is 4.79 Å². The van der Waals surface area contributed by atoms with E-state index in [-0.39, 0.29) is 5.97 Å². The van der Waals surface area contributed by atoms with Gasteiger partial charge in [-0.05, 0) is 37.1 Å². The van der Waals surface area contributed by atoms with Crippen molar-refractivity contribution in [1.82, 2.24) is 5.32 Å². The van der Waals surface area contributed by atoms with Crippen LogP contribution in [0.1, 0.15) is 26.3 Å². The normalized spacial score (nSPS) is 13.9. The van der Waals surface area contributed by atoms with E-state index in [0.29, 0.717) is 5.92 Å². The molecule has 112 valence electrons. The Morgan fingerprint density at radius 1 is 1.30 bits per heavy atom. The lowest BCUT2D eigenvalue weighted by molar-refractivity contribution is -0.148. The first-order valence-electron chi connectivity index (χ1n) is 6.92. The molecule has 0 spiro atoms. The van der Waals surface area contributed by atoms with Crippen molar-refractivity contribution in [3.05, 3.63) is 29.8 Å². The van der Waals surface area contributed by atoms with Crippen LogP contribution in [0.2, 0.25) is 0 Å². The molecule has 1 unspecified atom stereocenters. The van der Waals surface area contributed by atoms with Crippen LogP contribution in [0.15, 0.2) is 24.3 Å². The Morgan fingerprint density at radius 2 is 1.85 bits per heavy atom. The SMILES string of the molecule is COC(=O)C(C)(NCC(C)C)c1ccc(N(C)C)cc1. The number of nitrogens with zero attached hydrogens (tertiary/aromatic N) is 1. The zero-order valence-electron chi connectivity index (χ0n) is 13.4. The van der Waals surface area contributed by atoms with Crippen molar-refractivity contribution < 1.29 is 9.53 Å². The summed E-state index contributed by atoms with van der Waals surface area (Å²) in [5, 5.41) is 3.32. The maximum absolute atomic E-state index is 12.2. The van der Waals surface area contributed by atoms with E-state index in [1.165, 1.54) is 7.11 Å². The van der Waals surface area contributed by atoms with Crippen molar-refractivity contribution in [3.63, 3.8) is 0 Å². The second kappa shape index (κ2) is 6.75. The fraction of sp³-hybridized carbons (Fsp3) is 0.562. The van der Waals surface area contributed by atoms with Gasteiger partial charge in [-0.2, -0.15) is 0 Å². The van der Waals surface area contributed by atoms with Crippen LogP contribution in [0.4, 0.5) is 5.69 Å². The molecule has 0 bridgehead atoms. The standard InChI is InChI=1S/C16H26N2O2/c1-12(2)11-17-16(3,15(19)20-6)13-7-9-14(10-8-13)18(4)5/h7-10,12,17H,11H2,1-6H3. The molecule has 1 aromatic rings. The summed E-state index contributed by atoms with van der Waals surface area (Å²) in [7, 11) is 5.41. The molecule has 1 N–H and O–H groups in total. The molecule has 0 aliphatic rings. The summed E-state index contributed by atoms with van der Waals surface area (Å²) >= 11 is 0. The lowest BCUT2D eigenvalue weighted by Crippen LogP contribution is -2.48. The summed E-state index contributed by atoms with van der Waals surface area (Å²) < 4.78 is 4.97. The Kier molecular flexibility index (Phi) is 5.57. The van der Waals surface area contributed by atoms with Gasteiger partial charge in [0.2, 0.25) is 0 Å². The van der Waals surface area contributed by atoms with E-state index in [1.54, 1.807) is 0 Å². The van der Waals surface area contributed by atoms with E-state index < -0.39 is 5.54 Å². The van der Waals surface area contributed by atoms with E-state index in [4.69, 9.17) is 4.74 Å². The van der Waals surface area contributed by atoms with Gasteiger partial charge in [-0.25, -0.2) is 4.79 Å². The number of rotatable bonds is 6. The minimum Gasteiger partial charge on any atom is -0.467 e. The molecule has 20 heavy (non-hydrogen) atoms. The molecule has 1 rings (SSSR count). The van der Waals surface area contributed by atoms with Gasteiger partial charge in [0.05, 0.1) is 7.11 Å². The number of anilines is 1. The minimum atomic E-state index is -0.816. The Bertz CT molecular complexity index is 440. The summed E-state index contributed by atoms with van der Waals surface area (Å²) in [5.41, 5.74) is 1.20. The highest BCUT2D eigenvalue weighted by Crippen LogP contribution is 2.25. The molecule has 0 aliphatic heterocycles. The van der Waals surface area contributed by atoms with Gasteiger partial charge in [0.25, 0.3) is 0 Å². The first kappa shape index (κ1) is 16.5. The fourth-order valence-electron chi connectivity index (χ4n) is 2.00. The monoisotopic (exact) mass is 278 g/mol. The van der Waals surface area contributed by atoms with Gasteiger partial charge < -0.3 is 9.64 Å². The van der Waals surface area contributed by atoms with Crippen molar-refractivity contribution in [2.45, 2.75) is 26.3 Å². The van der Waals surface area contributed by atoms with Crippen molar-refractivity contribution in [2.24, 2.45) is 5.92 Å². The Labute approximate surface area is 122 Å². The largest absolute Gasteiger partial charge is 0.467 e. The maximum atomic E-state index is 12.2. The summed E-state index contributed by atoms with van der Waals surface area (Å²) in [6, 6.07) is 7.96. The third-order valence-electron chi connectivity index (χ3n) is 3.42. The van der Waals surface area contributed by atoms with Gasteiger partial charge >= 0.3 is 5.97 Å². The second-order valence-electron chi connectivity index (χ2n) is 5.83. The highest BCUT2D eigenvalue weighted by atomic mass is 16.5. The first-order valence-corrected chi connectivity index (χ1v) is 6.92. The predicted octanol–water partition coefficient (Wildman–Crippen LogP) is 2.39. The molecular formula is C16H26N2O2. The van der Waals surface area contributed by atoms with Gasteiger partial charge in [-0.15, -0.1) is 0 Å². The van der Waals surface area contributed by atoms with Crippen molar-refractivity contribution >= 4 is 11.7 Å². The van der Waals surface area contributed by atoms with Crippen LogP contribution >= 0.6 is 0 Å². The van der Waals surface area contributed by atoms with E-state index in [1.807, 2.05) is 50.2 Å². The zero-order valence-corrected chi connectivity index (χ0v) is 13.4. The summed E-state index contributed by atoms with van der Waals surface area (Å²) in [6.45, 7) is 6.84. The number of hydrogen-bond acceptors (Lipinski definition) is 4. The fourth-order valence-corrected chi connectivity index (χ4v) is 2.00. The molecular weight excluding hydrogens is 252 g/mol. The van der Waals surface area contributed by atoms with Crippen LogP contribution in [0, 0.1) is 5.92 Å². The molecule has 0 fully saturated rings. The van der Waals surface area contributed by atoms with Gasteiger partial charge in [0.1, 0.15) is 5.54 Å². The van der Waals surface area contributed by atoms with Gasteiger partial charge in [0.15, 0.2) is 0 Å². The van der Waals surface area contributed by atoms with Gasteiger partial charge in [-0.3, -0.25) is 5.32 Å². The molecule has 4 nitrogen and oxygen atoms in total. The van der Waals surface area contributed by atoms with Crippen molar-refractivity contribution in [2.75, 3.05) is 32.6 Å². The zero-order chi connectivity index (χ0) is 15.3. The molecule has 0 saturated carbocycles. The third-order valence-corrected chi connectivity index (χ3v) is 3.42. The van der Waals surface area contributed by atoms with Crippen LogP contribution in [-0.4, -0.2) is 33.7 Å². The molecule has 0 radical (unpaired) electrons. The van der Waals surface area contributed by atoms with Gasteiger partial charge in [-0.1, -0.05) is 26.0 Å². The summed E-state index contributed by atoms with van der Waals surface area (Å²) in [6.07, 6.45) is 0. The van der Waals surface area contributed by atoms with E-state index in [2.05, 4.69) is 19.2 Å². The number of carbonyl (C=O) groups excluding carboxylic acids is 1. The molecule has 0 saturated heterocycles. The quantitative estimate of drug-likeness (QED) is 0.811. The van der Waals surface area contributed by atoms with Crippen molar-refractivity contribution in [1.29, 1.82) is 0 Å². The van der Waals surface area contributed by atoms with E-state index in [0.717, 1.165) is 17.8 Å². The number of nitrogens with one attached hydrogen (secondary N) is 1. The first-order chi connectivity index (χ1) is 9.31.